The van der Waals surface area contributed by atoms with Gasteiger partial charge in [0.2, 0.25) is 0 Å². The predicted molar refractivity (Wildman–Crippen MR) is 80.7 cm³/mol. The fourth-order valence-corrected chi connectivity index (χ4v) is 2.44. The average Bonchev–Trinajstić information content (AvgIpc) is 3.30. The van der Waals surface area contributed by atoms with Crippen molar-refractivity contribution in [3.63, 3.8) is 0 Å². The Balaban J connectivity index is 1.90. The SMILES string of the molecule is COc1cc2ccnc(NCCC3CC3)c2cc1OC. The Labute approximate surface area is 119 Å². The first-order valence-corrected chi connectivity index (χ1v) is 7.06. The Morgan fingerprint density at radius 1 is 1.20 bits per heavy atom. The lowest BCUT2D eigenvalue weighted by molar-refractivity contribution is 0.356. The van der Waals surface area contributed by atoms with E-state index in [1.54, 1.807) is 14.2 Å². The highest BCUT2D eigenvalue weighted by Crippen LogP contribution is 2.35. The quantitative estimate of drug-likeness (QED) is 0.874. The molecule has 1 N–H and O–H groups in total. The van der Waals surface area contributed by atoms with E-state index >= 15 is 0 Å². The molecule has 1 aromatic carbocycles. The smallest absolute Gasteiger partial charge is 0.161 e. The molecule has 0 unspecified atom stereocenters. The van der Waals surface area contributed by atoms with Gasteiger partial charge in [-0.3, -0.25) is 0 Å². The molecule has 1 heterocycles. The zero-order chi connectivity index (χ0) is 13.9. The normalized spacial score (nSPS) is 14.3. The summed E-state index contributed by atoms with van der Waals surface area (Å²) in [6, 6.07) is 5.96. The van der Waals surface area contributed by atoms with Gasteiger partial charge in [0.25, 0.3) is 0 Å². The molecule has 0 amide bonds. The molecule has 0 saturated heterocycles. The summed E-state index contributed by atoms with van der Waals surface area (Å²) in [5.74, 6) is 3.32. The molecule has 1 fully saturated rings. The van der Waals surface area contributed by atoms with Crippen molar-refractivity contribution in [2.24, 2.45) is 5.92 Å². The van der Waals surface area contributed by atoms with E-state index in [2.05, 4.69) is 10.3 Å². The van der Waals surface area contributed by atoms with E-state index in [1.807, 2.05) is 24.4 Å². The molecule has 0 aliphatic heterocycles. The number of rotatable bonds is 6. The number of pyridine rings is 1. The van der Waals surface area contributed by atoms with Crippen molar-refractivity contribution in [2.75, 3.05) is 26.1 Å². The summed E-state index contributed by atoms with van der Waals surface area (Å²) in [6.45, 7) is 0.977. The molecule has 2 aromatic rings. The Morgan fingerprint density at radius 2 is 1.95 bits per heavy atom. The Hall–Kier alpha value is -1.97. The highest BCUT2D eigenvalue weighted by Gasteiger charge is 2.20. The summed E-state index contributed by atoms with van der Waals surface area (Å²) in [7, 11) is 3.31. The first-order chi connectivity index (χ1) is 9.81. The molecular weight excluding hydrogens is 252 g/mol. The van der Waals surface area contributed by atoms with E-state index in [0.29, 0.717) is 0 Å². The van der Waals surface area contributed by atoms with E-state index in [1.165, 1.54) is 19.3 Å². The molecule has 3 rings (SSSR count). The Morgan fingerprint density at radius 3 is 2.65 bits per heavy atom. The van der Waals surface area contributed by atoms with E-state index in [-0.39, 0.29) is 0 Å². The number of aromatic nitrogens is 1. The van der Waals surface area contributed by atoms with Gasteiger partial charge in [0, 0.05) is 18.1 Å². The van der Waals surface area contributed by atoms with Crippen LogP contribution in [0, 0.1) is 5.92 Å². The van der Waals surface area contributed by atoms with Gasteiger partial charge in [0.1, 0.15) is 5.82 Å². The molecule has 1 aromatic heterocycles. The van der Waals surface area contributed by atoms with Crippen LogP contribution in [0.1, 0.15) is 19.3 Å². The van der Waals surface area contributed by atoms with E-state index in [9.17, 15) is 0 Å². The van der Waals surface area contributed by atoms with Gasteiger partial charge in [-0.2, -0.15) is 0 Å². The van der Waals surface area contributed by atoms with Crippen molar-refractivity contribution in [3.05, 3.63) is 24.4 Å². The second-order valence-corrected chi connectivity index (χ2v) is 5.25. The highest BCUT2D eigenvalue weighted by molar-refractivity contribution is 5.94. The third-order valence-corrected chi connectivity index (χ3v) is 3.81. The Kier molecular flexibility index (Phi) is 3.63. The molecule has 1 aliphatic rings. The van der Waals surface area contributed by atoms with Gasteiger partial charge in [-0.25, -0.2) is 4.98 Å². The van der Waals surface area contributed by atoms with Crippen LogP contribution in [0.2, 0.25) is 0 Å². The van der Waals surface area contributed by atoms with Crippen LogP contribution in [-0.2, 0) is 0 Å². The number of benzene rings is 1. The number of nitrogens with one attached hydrogen (secondary N) is 1. The van der Waals surface area contributed by atoms with Crippen LogP contribution in [0.4, 0.5) is 5.82 Å². The van der Waals surface area contributed by atoms with Gasteiger partial charge in [0.15, 0.2) is 11.5 Å². The standard InChI is InChI=1S/C16H20N2O2/c1-19-14-9-12-6-8-18-16(13(12)10-15(14)20-2)17-7-5-11-3-4-11/h6,8-11H,3-5,7H2,1-2H3,(H,17,18). The van der Waals surface area contributed by atoms with Crippen LogP contribution in [0.15, 0.2) is 24.4 Å². The van der Waals surface area contributed by atoms with E-state index in [0.717, 1.165) is 40.6 Å². The summed E-state index contributed by atoms with van der Waals surface area (Å²) in [6.07, 6.45) is 5.82. The average molecular weight is 272 g/mol. The number of nitrogens with zero attached hydrogens (tertiary/aromatic N) is 1. The first-order valence-electron chi connectivity index (χ1n) is 7.06. The minimum absolute atomic E-state index is 0.734. The maximum absolute atomic E-state index is 5.37. The van der Waals surface area contributed by atoms with Crippen LogP contribution < -0.4 is 14.8 Å². The zero-order valence-corrected chi connectivity index (χ0v) is 12.0. The van der Waals surface area contributed by atoms with E-state index in [4.69, 9.17) is 9.47 Å². The van der Waals surface area contributed by atoms with Crippen LogP contribution >= 0.6 is 0 Å². The van der Waals surface area contributed by atoms with Crippen molar-refractivity contribution in [2.45, 2.75) is 19.3 Å². The van der Waals surface area contributed by atoms with Crippen molar-refractivity contribution < 1.29 is 9.47 Å². The van der Waals surface area contributed by atoms with Crippen LogP contribution in [-0.4, -0.2) is 25.7 Å². The van der Waals surface area contributed by atoms with Crippen molar-refractivity contribution >= 4 is 16.6 Å². The fourth-order valence-electron chi connectivity index (χ4n) is 2.44. The highest BCUT2D eigenvalue weighted by atomic mass is 16.5. The minimum atomic E-state index is 0.734. The number of fused-ring (bicyclic) bond motifs is 1. The van der Waals surface area contributed by atoms with Gasteiger partial charge in [-0.1, -0.05) is 12.8 Å². The summed E-state index contributed by atoms with van der Waals surface area (Å²) < 4.78 is 10.7. The lowest BCUT2D eigenvalue weighted by atomic mass is 10.1. The molecular formula is C16H20N2O2. The summed E-state index contributed by atoms with van der Waals surface area (Å²) in [5.41, 5.74) is 0. The second kappa shape index (κ2) is 5.57. The summed E-state index contributed by atoms with van der Waals surface area (Å²) in [5, 5.41) is 5.61. The second-order valence-electron chi connectivity index (χ2n) is 5.25. The molecule has 0 atom stereocenters. The molecule has 1 aliphatic carbocycles. The largest absolute Gasteiger partial charge is 0.493 e. The first kappa shape index (κ1) is 13.0. The molecule has 1 saturated carbocycles. The molecule has 20 heavy (non-hydrogen) atoms. The lowest BCUT2D eigenvalue weighted by Crippen LogP contribution is -2.04. The van der Waals surface area contributed by atoms with Gasteiger partial charge in [-0.05, 0) is 35.9 Å². The predicted octanol–water partition coefficient (Wildman–Crippen LogP) is 3.46. The number of hydrogen-bond acceptors (Lipinski definition) is 4. The molecule has 4 nitrogen and oxygen atoms in total. The Bertz CT molecular complexity index is 609. The van der Waals surface area contributed by atoms with Crippen LogP contribution in [0.25, 0.3) is 10.8 Å². The molecule has 106 valence electrons. The molecule has 0 radical (unpaired) electrons. The van der Waals surface area contributed by atoms with E-state index < -0.39 is 0 Å². The van der Waals surface area contributed by atoms with Gasteiger partial charge < -0.3 is 14.8 Å². The fraction of sp³-hybridized carbons (Fsp3) is 0.438. The zero-order valence-electron chi connectivity index (χ0n) is 12.0. The summed E-state index contributed by atoms with van der Waals surface area (Å²) >= 11 is 0. The van der Waals surface area contributed by atoms with Gasteiger partial charge in [0.05, 0.1) is 14.2 Å². The van der Waals surface area contributed by atoms with Crippen molar-refractivity contribution in [1.82, 2.24) is 4.98 Å². The van der Waals surface area contributed by atoms with Gasteiger partial charge in [-0.15, -0.1) is 0 Å². The maximum Gasteiger partial charge on any atom is 0.161 e. The van der Waals surface area contributed by atoms with Crippen molar-refractivity contribution in [3.8, 4) is 11.5 Å². The topological polar surface area (TPSA) is 43.4 Å². The van der Waals surface area contributed by atoms with Crippen LogP contribution in [0.3, 0.4) is 0 Å². The lowest BCUT2D eigenvalue weighted by Gasteiger charge is -2.12. The molecule has 0 bridgehead atoms. The number of anilines is 1. The maximum atomic E-state index is 5.37. The third-order valence-electron chi connectivity index (χ3n) is 3.81. The third kappa shape index (κ3) is 2.64. The number of ether oxygens (including phenoxy) is 2. The monoisotopic (exact) mass is 272 g/mol. The number of methoxy groups -OCH3 is 2. The summed E-state index contributed by atoms with van der Waals surface area (Å²) in [4.78, 5) is 4.45. The van der Waals surface area contributed by atoms with Crippen molar-refractivity contribution in [1.29, 1.82) is 0 Å². The molecule has 0 spiro atoms. The van der Waals surface area contributed by atoms with Gasteiger partial charge >= 0.3 is 0 Å². The minimum Gasteiger partial charge on any atom is -0.493 e. The molecule has 4 heteroatoms. The number of hydrogen-bond donors (Lipinski definition) is 1. The van der Waals surface area contributed by atoms with Crippen LogP contribution in [0.5, 0.6) is 11.5 Å².